The van der Waals surface area contributed by atoms with Gasteiger partial charge in [0.25, 0.3) is 5.91 Å². The molecule has 0 aliphatic heterocycles. The van der Waals surface area contributed by atoms with E-state index in [4.69, 9.17) is 4.74 Å². The van der Waals surface area contributed by atoms with Crippen LogP contribution in [0.25, 0.3) is 0 Å². The quantitative estimate of drug-likeness (QED) is 0.259. The van der Waals surface area contributed by atoms with Gasteiger partial charge in [-0.3, -0.25) is 9.59 Å². The predicted molar refractivity (Wildman–Crippen MR) is 151 cm³/mol. The first-order valence-electron chi connectivity index (χ1n) is 12.2. The maximum atomic E-state index is 13.6. The maximum absolute atomic E-state index is 13.6. The summed E-state index contributed by atoms with van der Waals surface area (Å²) in [6, 6.07) is 22.7. The molecule has 0 aromatic heterocycles. The van der Waals surface area contributed by atoms with Gasteiger partial charge in [-0.2, -0.15) is 0 Å². The first-order chi connectivity index (χ1) is 17.4. The Hall–Kier alpha value is -2.64. The summed E-state index contributed by atoms with van der Waals surface area (Å²) in [4.78, 5) is 28.6. The fraction of sp³-hybridized carbons (Fsp3) is 0.310. The van der Waals surface area contributed by atoms with Crippen LogP contribution in [0.15, 0.2) is 81.7 Å². The molecule has 5 nitrogen and oxygen atoms in total. The standard InChI is InChI=1S/C29H32Br2N2O3/c1-3-16-32-29(35)26(18-22-8-6-5-7-9-22)33(19-23-10-13-24(30)14-11-23)28(34)20-36-27-15-12-21(4-2)17-25(27)31/h5-15,17,26H,3-4,16,18-20H2,1-2H3,(H,32,35). The molecular weight excluding hydrogens is 584 g/mol. The molecule has 0 aliphatic carbocycles. The summed E-state index contributed by atoms with van der Waals surface area (Å²) in [7, 11) is 0. The zero-order valence-corrected chi connectivity index (χ0v) is 23.8. The minimum atomic E-state index is -0.676. The van der Waals surface area contributed by atoms with Gasteiger partial charge in [0.2, 0.25) is 5.91 Å². The number of nitrogens with zero attached hydrogens (tertiary/aromatic N) is 1. The highest BCUT2D eigenvalue weighted by Crippen LogP contribution is 2.26. The third-order valence-corrected chi connectivity index (χ3v) is 6.99. The van der Waals surface area contributed by atoms with Gasteiger partial charge in [0, 0.05) is 24.0 Å². The topological polar surface area (TPSA) is 58.6 Å². The molecule has 3 rings (SSSR count). The van der Waals surface area contributed by atoms with E-state index < -0.39 is 6.04 Å². The Morgan fingerprint density at radius 2 is 1.61 bits per heavy atom. The van der Waals surface area contributed by atoms with Crippen LogP contribution in [0.3, 0.4) is 0 Å². The number of ether oxygens (including phenoxy) is 1. The van der Waals surface area contributed by atoms with Gasteiger partial charge in [-0.1, -0.05) is 78.3 Å². The van der Waals surface area contributed by atoms with E-state index in [1.54, 1.807) is 4.90 Å². The molecule has 0 radical (unpaired) electrons. The number of hydrogen-bond acceptors (Lipinski definition) is 3. The molecule has 3 aromatic rings. The molecule has 0 spiro atoms. The van der Waals surface area contributed by atoms with Gasteiger partial charge < -0.3 is 15.0 Å². The van der Waals surface area contributed by atoms with Gasteiger partial charge in [-0.05, 0) is 69.7 Å². The van der Waals surface area contributed by atoms with Crippen molar-refractivity contribution in [3.8, 4) is 5.75 Å². The minimum absolute atomic E-state index is 0.167. The molecule has 1 N–H and O–H groups in total. The van der Waals surface area contributed by atoms with Gasteiger partial charge in [0.05, 0.1) is 4.47 Å². The van der Waals surface area contributed by atoms with Crippen molar-refractivity contribution in [1.29, 1.82) is 0 Å². The normalized spacial score (nSPS) is 11.6. The number of hydrogen-bond donors (Lipinski definition) is 1. The lowest BCUT2D eigenvalue weighted by molar-refractivity contribution is -0.142. The van der Waals surface area contributed by atoms with Crippen molar-refractivity contribution in [3.05, 3.63) is 98.4 Å². The van der Waals surface area contributed by atoms with Crippen molar-refractivity contribution >= 4 is 43.7 Å². The van der Waals surface area contributed by atoms with Gasteiger partial charge in [0.1, 0.15) is 11.8 Å². The molecule has 36 heavy (non-hydrogen) atoms. The van der Waals surface area contributed by atoms with Crippen molar-refractivity contribution in [2.45, 2.75) is 45.7 Å². The molecule has 0 bridgehead atoms. The molecular formula is C29H32Br2N2O3. The van der Waals surface area contributed by atoms with E-state index in [1.807, 2.05) is 79.7 Å². The second-order valence-corrected chi connectivity index (χ2v) is 10.3. The Balaban J connectivity index is 1.88. The molecule has 0 saturated heterocycles. The Labute approximate surface area is 230 Å². The Morgan fingerprint density at radius 3 is 2.25 bits per heavy atom. The molecule has 190 valence electrons. The zero-order valence-electron chi connectivity index (χ0n) is 20.7. The fourth-order valence-corrected chi connectivity index (χ4v) is 4.62. The van der Waals surface area contributed by atoms with Crippen LogP contribution in [-0.2, 0) is 29.0 Å². The number of rotatable bonds is 12. The summed E-state index contributed by atoms with van der Waals surface area (Å²) in [6.45, 7) is 4.77. The average molecular weight is 616 g/mol. The summed E-state index contributed by atoms with van der Waals surface area (Å²) in [5, 5.41) is 2.99. The molecule has 1 unspecified atom stereocenters. The number of nitrogens with one attached hydrogen (secondary N) is 1. The molecule has 1 atom stereocenters. The van der Waals surface area contributed by atoms with E-state index in [-0.39, 0.29) is 18.4 Å². The number of amides is 2. The lowest BCUT2D eigenvalue weighted by Gasteiger charge is -2.31. The summed E-state index contributed by atoms with van der Waals surface area (Å²) in [5.41, 5.74) is 3.09. The van der Waals surface area contributed by atoms with Crippen molar-refractivity contribution in [3.63, 3.8) is 0 Å². The molecule has 0 fully saturated rings. The van der Waals surface area contributed by atoms with Crippen LogP contribution in [0, 0.1) is 0 Å². The molecule has 0 aliphatic rings. The largest absolute Gasteiger partial charge is 0.483 e. The zero-order chi connectivity index (χ0) is 25.9. The van der Waals surface area contributed by atoms with E-state index in [0.717, 1.165) is 32.9 Å². The Kier molecular flexibility index (Phi) is 11.0. The number of aryl methyl sites for hydroxylation is 1. The van der Waals surface area contributed by atoms with Crippen LogP contribution in [-0.4, -0.2) is 35.9 Å². The molecule has 2 amide bonds. The lowest BCUT2D eigenvalue weighted by Crippen LogP contribution is -2.51. The van der Waals surface area contributed by atoms with E-state index in [2.05, 4.69) is 44.1 Å². The number of carbonyl (C=O) groups excluding carboxylic acids is 2. The first-order valence-corrected chi connectivity index (χ1v) is 13.8. The maximum Gasteiger partial charge on any atom is 0.261 e. The van der Waals surface area contributed by atoms with E-state index >= 15 is 0 Å². The molecule has 7 heteroatoms. The minimum Gasteiger partial charge on any atom is -0.483 e. The summed E-state index contributed by atoms with van der Waals surface area (Å²) in [5.74, 6) is 0.177. The monoisotopic (exact) mass is 614 g/mol. The van der Waals surface area contributed by atoms with Crippen LogP contribution in [0.1, 0.15) is 37.0 Å². The first kappa shape index (κ1) is 27.9. The van der Waals surface area contributed by atoms with Crippen molar-refractivity contribution in [2.75, 3.05) is 13.2 Å². The summed E-state index contributed by atoms with van der Waals surface area (Å²) in [6.07, 6.45) is 2.13. The van der Waals surface area contributed by atoms with Crippen LogP contribution in [0.5, 0.6) is 5.75 Å². The number of halogens is 2. The second kappa shape index (κ2) is 14.2. The van der Waals surface area contributed by atoms with Crippen LogP contribution >= 0.6 is 31.9 Å². The van der Waals surface area contributed by atoms with E-state index in [1.165, 1.54) is 5.56 Å². The van der Waals surface area contributed by atoms with E-state index in [0.29, 0.717) is 25.3 Å². The molecule has 0 heterocycles. The summed E-state index contributed by atoms with van der Waals surface area (Å²) < 4.78 is 7.67. The number of benzene rings is 3. The lowest BCUT2D eigenvalue weighted by atomic mass is 10.0. The van der Waals surface area contributed by atoms with Crippen LogP contribution < -0.4 is 10.1 Å². The SMILES string of the molecule is CCCNC(=O)C(Cc1ccccc1)N(Cc1ccc(Br)cc1)C(=O)COc1ccc(CC)cc1Br. The average Bonchev–Trinajstić information content (AvgIpc) is 2.90. The van der Waals surface area contributed by atoms with Gasteiger partial charge in [-0.25, -0.2) is 0 Å². The van der Waals surface area contributed by atoms with Crippen molar-refractivity contribution in [1.82, 2.24) is 10.2 Å². The van der Waals surface area contributed by atoms with Gasteiger partial charge in [0.15, 0.2) is 6.61 Å². The third kappa shape index (κ3) is 8.20. The highest BCUT2D eigenvalue weighted by molar-refractivity contribution is 9.10. The van der Waals surface area contributed by atoms with Crippen molar-refractivity contribution < 1.29 is 14.3 Å². The van der Waals surface area contributed by atoms with Crippen LogP contribution in [0.4, 0.5) is 0 Å². The molecule has 0 saturated carbocycles. The number of carbonyl (C=O) groups is 2. The van der Waals surface area contributed by atoms with Crippen molar-refractivity contribution in [2.24, 2.45) is 0 Å². The highest BCUT2D eigenvalue weighted by Gasteiger charge is 2.30. The molecule has 3 aromatic carbocycles. The summed E-state index contributed by atoms with van der Waals surface area (Å²) >= 11 is 7.01. The Bertz CT molecular complexity index is 1140. The smallest absolute Gasteiger partial charge is 0.261 e. The fourth-order valence-electron chi connectivity index (χ4n) is 3.81. The third-order valence-electron chi connectivity index (χ3n) is 5.84. The Morgan fingerprint density at radius 1 is 0.917 bits per heavy atom. The van der Waals surface area contributed by atoms with E-state index in [9.17, 15) is 9.59 Å². The van der Waals surface area contributed by atoms with Crippen LogP contribution in [0.2, 0.25) is 0 Å². The second-order valence-electron chi connectivity index (χ2n) is 8.55. The highest BCUT2D eigenvalue weighted by atomic mass is 79.9. The van der Waals surface area contributed by atoms with Gasteiger partial charge >= 0.3 is 0 Å². The predicted octanol–water partition coefficient (Wildman–Crippen LogP) is 6.32. The van der Waals surface area contributed by atoms with Gasteiger partial charge in [-0.15, -0.1) is 0 Å².